The lowest BCUT2D eigenvalue weighted by Gasteiger charge is -2.17. The van der Waals surface area contributed by atoms with Gasteiger partial charge in [-0.1, -0.05) is 11.6 Å². The summed E-state index contributed by atoms with van der Waals surface area (Å²) in [5, 5.41) is 0. The van der Waals surface area contributed by atoms with Crippen molar-refractivity contribution >= 4 is 33.4 Å². The fourth-order valence-corrected chi connectivity index (χ4v) is 1.05. The quantitative estimate of drug-likeness (QED) is 0.694. The molecule has 0 saturated carbocycles. The van der Waals surface area contributed by atoms with E-state index in [1.54, 1.807) is 4.90 Å². The molecule has 0 aliphatic carbocycles. The molecule has 0 unspecified atom stereocenters. The third kappa shape index (κ3) is 3.25. The number of amides is 1. The van der Waals surface area contributed by atoms with E-state index in [1.165, 1.54) is 5.54 Å². The SMILES string of the molecule is CCN(CC)C(=O)/C(Br)=C/Cl. The van der Waals surface area contributed by atoms with Crippen LogP contribution in [0.2, 0.25) is 0 Å². The van der Waals surface area contributed by atoms with Crippen molar-refractivity contribution in [3.63, 3.8) is 0 Å². The number of carbonyl (C=O) groups is 1. The molecule has 0 radical (unpaired) electrons. The third-order valence-electron chi connectivity index (χ3n) is 1.35. The number of rotatable bonds is 3. The second kappa shape index (κ2) is 5.61. The van der Waals surface area contributed by atoms with Gasteiger partial charge < -0.3 is 4.90 Å². The van der Waals surface area contributed by atoms with Crippen LogP contribution in [-0.2, 0) is 4.79 Å². The van der Waals surface area contributed by atoms with Crippen molar-refractivity contribution in [1.29, 1.82) is 0 Å². The summed E-state index contributed by atoms with van der Waals surface area (Å²) in [6.07, 6.45) is 0. The van der Waals surface area contributed by atoms with E-state index >= 15 is 0 Å². The molecule has 0 N–H and O–H groups in total. The maximum atomic E-state index is 11.3. The Balaban J connectivity index is 4.21. The molecule has 0 aromatic heterocycles. The molecule has 11 heavy (non-hydrogen) atoms. The first-order chi connectivity index (χ1) is 5.17. The van der Waals surface area contributed by atoms with E-state index in [4.69, 9.17) is 11.6 Å². The van der Waals surface area contributed by atoms with Gasteiger partial charge in [-0.2, -0.15) is 0 Å². The van der Waals surface area contributed by atoms with Crippen LogP contribution >= 0.6 is 27.5 Å². The Morgan fingerprint density at radius 3 is 2.27 bits per heavy atom. The zero-order chi connectivity index (χ0) is 8.85. The van der Waals surface area contributed by atoms with Crippen LogP contribution in [0, 0.1) is 0 Å². The van der Waals surface area contributed by atoms with Gasteiger partial charge in [-0.05, 0) is 29.8 Å². The Kier molecular flexibility index (Phi) is 5.60. The lowest BCUT2D eigenvalue weighted by Crippen LogP contribution is -2.30. The molecule has 1 amide bonds. The van der Waals surface area contributed by atoms with Gasteiger partial charge in [0.05, 0.1) is 4.48 Å². The fraction of sp³-hybridized carbons (Fsp3) is 0.571. The Morgan fingerprint density at radius 1 is 1.55 bits per heavy atom. The topological polar surface area (TPSA) is 20.3 Å². The lowest BCUT2D eigenvalue weighted by molar-refractivity contribution is -0.125. The minimum atomic E-state index is -0.0648. The fourth-order valence-electron chi connectivity index (χ4n) is 0.709. The standard InChI is InChI=1S/C7H11BrClNO/c1-3-10(4-2)7(11)6(8)5-9/h5H,3-4H2,1-2H3/b6-5-. The molecule has 2 nitrogen and oxygen atoms in total. The van der Waals surface area contributed by atoms with E-state index in [1.807, 2.05) is 13.8 Å². The van der Waals surface area contributed by atoms with Crippen LogP contribution in [0.25, 0.3) is 0 Å². The molecule has 4 heteroatoms. The summed E-state index contributed by atoms with van der Waals surface area (Å²) in [7, 11) is 0. The zero-order valence-electron chi connectivity index (χ0n) is 6.60. The molecule has 0 fully saturated rings. The van der Waals surface area contributed by atoms with Crippen LogP contribution in [0.15, 0.2) is 10.0 Å². The van der Waals surface area contributed by atoms with Crippen LogP contribution in [-0.4, -0.2) is 23.9 Å². The minimum Gasteiger partial charge on any atom is -0.339 e. The van der Waals surface area contributed by atoms with Crippen molar-refractivity contribution in [3.05, 3.63) is 10.0 Å². The number of likely N-dealkylation sites (N-methyl/N-ethyl adjacent to an activating group) is 1. The van der Waals surface area contributed by atoms with Crippen molar-refractivity contribution in [2.24, 2.45) is 0 Å². The molecule has 0 bridgehead atoms. The molecule has 0 saturated heterocycles. The first kappa shape index (κ1) is 11.0. The molecular weight excluding hydrogens is 229 g/mol. The van der Waals surface area contributed by atoms with Gasteiger partial charge in [0, 0.05) is 18.6 Å². The largest absolute Gasteiger partial charge is 0.339 e. The monoisotopic (exact) mass is 239 g/mol. The first-order valence-corrected chi connectivity index (χ1v) is 4.65. The van der Waals surface area contributed by atoms with E-state index in [9.17, 15) is 4.79 Å². The van der Waals surface area contributed by atoms with Crippen molar-refractivity contribution in [3.8, 4) is 0 Å². The summed E-state index contributed by atoms with van der Waals surface area (Å²) < 4.78 is 0.405. The average molecular weight is 241 g/mol. The highest BCUT2D eigenvalue weighted by Crippen LogP contribution is 2.10. The van der Waals surface area contributed by atoms with Crippen LogP contribution < -0.4 is 0 Å². The Morgan fingerprint density at radius 2 is 2.00 bits per heavy atom. The van der Waals surface area contributed by atoms with E-state index in [2.05, 4.69) is 15.9 Å². The van der Waals surface area contributed by atoms with Crippen LogP contribution in [0.5, 0.6) is 0 Å². The van der Waals surface area contributed by atoms with Crippen LogP contribution in [0.4, 0.5) is 0 Å². The van der Waals surface area contributed by atoms with Crippen LogP contribution in [0.3, 0.4) is 0 Å². The average Bonchev–Trinajstić information content (AvgIpc) is 2.05. The molecule has 0 atom stereocenters. The van der Waals surface area contributed by atoms with E-state index in [0.717, 1.165) is 0 Å². The van der Waals surface area contributed by atoms with Crippen molar-refractivity contribution < 1.29 is 4.79 Å². The zero-order valence-corrected chi connectivity index (χ0v) is 8.94. The molecule has 0 aromatic carbocycles. The van der Waals surface area contributed by atoms with Gasteiger partial charge in [0.15, 0.2) is 0 Å². The Labute approximate surface area is 80.3 Å². The molecule has 0 heterocycles. The summed E-state index contributed by atoms with van der Waals surface area (Å²) in [6, 6.07) is 0. The predicted molar refractivity (Wildman–Crippen MR) is 50.8 cm³/mol. The highest BCUT2D eigenvalue weighted by Gasteiger charge is 2.11. The van der Waals surface area contributed by atoms with E-state index in [0.29, 0.717) is 17.6 Å². The number of halogens is 2. The minimum absolute atomic E-state index is 0.0648. The summed E-state index contributed by atoms with van der Waals surface area (Å²) >= 11 is 8.41. The highest BCUT2D eigenvalue weighted by molar-refractivity contribution is 9.12. The molecule has 0 rings (SSSR count). The number of carbonyl (C=O) groups excluding carboxylic acids is 1. The molecule has 0 spiro atoms. The van der Waals surface area contributed by atoms with E-state index in [-0.39, 0.29) is 5.91 Å². The van der Waals surface area contributed by atoms with Crippen molar-refractivity contribution in [1.82, 2.24) is 4.90 Å². The molecule has 0 aliphatic rings. The third-order valence-corrected chi connectivity index (χ3v) is 2.40. The highest BCUT2D eigenvalue weighted by atomic mass is 79.9. The van der Waals surface area contributed by atoms with Gasteiger partial charge in [-0.25, -0.2) is 0 Å². The Hall–Kier alpha value is -0.0200. The van der Waals surface area contributed by atoms with Gasteiger partial charge in [-0.3, -0.25) is 4.79 Å². The lowest BCUT2D eigenvalue weighted by atomic mass is 10.4. The predicted octanol–water partition coefficient (Wildman–Crippen LogP) is 2.33. The smallest absolute Gasteiger partial charge is 0.261 e. The van der Waals surface area contributed by atoms with Gasteiger partial charge in [0.25, 0.3) is 5.91 Å². The number of hydrogen-bond donors (Lipinski definition) is 0. The summed E-state index contributed by atoms with van der Waals surface area (Å²) in [5.41, 5.74) is 1.24. The second-order valence-corrected chi connectivity index (χ2v) is 3.01. The summed E-state index contributed by atoms with van der Waals surface area (Å²) in [4.78, 5) is 12.9. The van der Waals surface area contributed by atoms with Gasteiger partial charge >= 0.3 is 0 Å². The second-order valence-electron chi connectivity index (χ2n) is 1.93. The molecule has 0 aliphatic heterocycles. The molecule has 64 valence electrons. The normalized spacial score (nSPS) is 11.5. The summed E-state index contributed by atoms with van der Waals surface area (Å²) in [5.74, 6) is -0.0648. The maximum Gasteiger partial charge on any atom is 0.261 e. The van der Waals surface area contributed by atoms with Crippen molar-refractivity contribution in [2.75, 3.05) is 13.1 Å². The Bertz CT molecular complexity index is 166. The molecular formula is C7H11BrClNO. The van der Waals surface area contributed by atoms with Gasteiger partial charge in [0.2, 0.25) is 0 Å². The maximum absolute atomic E-state index is 11.3. The summed E-state index contributed by atoms with van der Waals surface area (Å²) in [6.45, 7) is 5.26. The van der Waals surface area contributed by atoms with E-state index < -0.39 is 0 Å². The van der Waals surface area contributed by atoms with Gasteiger partial charge in [-0.15, -0.1) is 0 Å². The van der Waals surface area contributed by atoms with Crippen LogP contribution in [0.1, 0.15) is 13.8 Å². The molecule has 0 aromatic rings. The van der Waals surface area contributed by atoms with Crippen molar-refractivity contribution in [2.45, 2.75) is 13.8 Å². The number of nitrogens with zero attached hydrogens (tertiary/aromatic N) is 1. The van der Waals surface area contributed by atoms with Gasteiger partial charge in [0.1, 0.15) is 0 Å². The first-order valence-electron chi connectivity index (χ1n) is 3.42. The number of hydrogen-bond acceptors (Lipinski definition) is 1.